The summed E-state index contributed by atoms with van der Waals surface area (Å²) in [5.74, 6) is 0.678. The summed E-state index contributed by atoms with van der Waals surface area (Å²) in [6.07, 6.45) is 5.76. The minimum absolute atomic E-state index is 0.0466. The van der Waals surface area contributed by atoms with Gasteiger partial charge in [0.2, 0.25) is 5.91 Å². The lowest BCUT2D eigenvalue weighted by Crippen LogP contribution is -2.46. The van der Waals surface area contributed by atoms with E-state index in [2.05, 4.69) is 5.32 Å². The molecule has 1 heterocycles. The molecule has 0 aromatic rings. The number of amides is 1. The summed E-state index contributed by atoms with van der Waals surface area (Å²) in [6, 6.07) is 0.289. The van der Waals surface area contributed by atoms with E-state index in [-0.39, 0.29) is 24.0 Å². The molecule has 1 saturated carbocycles. The molecule has 1 aliphatic carbocycles. The number of nitrogens with two attached hydrogens (primary N) is 1. The normalized spacial score (nSPS) is 38.0. The number of hydrogen-bond donors (Lipinski definition) is 2. The van der Waals surface area contributed by atoms with Crippen LogP contribution in [0.4, 0.5) is 0 Å². The number of ether oxygens (including phenoxy) is 1. The van der Waals surface area contributed by atoms with Gasteiger partial charge in [0.15, 0.2) is 0 Å². The topological polar surface area (TPSA) is 64.4 Å². The van der Waals surface area contributed by atoms with Crippen molar-refractivity contribution < 1.29 is 9.53 Å². The average Bonchev–Trinajstić information content (AvgIpc) is 2.77. The minimum atomic E-state index is 0.0466. The number of carbonyl (C=O) groups excluding carboxylic acids is 1. The van der Waals surface area contributed by atoms with Gasteiger partial charge in [0, 0.05) is 6.04 Å². The van der Waals surface area contributed by atoms with E-state index in [1.165, 1.54) is 12.8 Å². The van der Waals surface area contributed by atoms with Gasteiger partial charge < -0.3 is 15.8 Å². The second-order valence-corrected chi connectivity index (χ2v) is 5.47. The maximum Gasteiger partial charge on any atom is 0.225 e. The van der Waals surface area contributed by atoms with Crippen molar-refractivity contribution in [2.24, 2.45) is 17.6 Å². The third kappa shape index (κ3) is 3.19. The Morgan fingerprint density at radius 2 is 2.18 bits per heavy atom. The van der Waals surface area contributed by atoms with Crippen LogP contribution in [0.5, 0.6) is 0 Å². The molecule has 2 rings (SSSR count). The highest BCUT2D eigenvalue weighted by molar-refractivity contribution is 5.79. The molecule has 0 aromatic carbocycles. The molecular weight excluding hydrogens is 216 g/mol. The van der Waals surface area contributed by atoms with Gasteiger partial charge in [-0.25, -0.2) is 0 Å². The summed E-state index contributed by atoms with van der Waals surface area (Å²) >= 11 is 0. The quantitative estimate of drug-likeness (QED) is 0.775. The fraction of sp³-hybridized carbons (Fsp3) is 0.923. The molecule has 3 N–H and O–H groups in total. The summed E-state index contributed by atoms with van der Waals surface area (Å²) in [4.78, 5) is 12.1. The van der Waals surface area contributed by atoms with Gasteiger partial charge in [-0.05, 0) is 38.6 Å². The van der Waals surface area contributed by atoms with Crippen molar-refractivity contribution in [1.29, 1.82) is 0 Å². The van der Waals surface area contributed by atoms with Crippen molar-refractivity contribution in [2.75, 3.05) is 13.2 Å². The molecule has 2 fully saturated rings. The van der Waals surface area contributed by atoms with E-state index < -0.39 is 0 Å². The van der Waals surface area contributed by atoms with E-state index >= 15 is 0 Å². The number of nitrogens with one attached hydrogen (secondary N) is 1. The lowest BCUT2D eigenvalue weighted by atomic mass is 9.84. The van der Waals surface area contributed by atoms with Crippen LogP contribution in [-0.4, -0.2) is 31.2 Å². The Balaban J connectivity index is 1.84. The first-order valence-corrected chi connectivity index (χ1v) is 6.82. The van der Waals surface area contributed by atoms with Crippen molar-refractivity contribution in [3.63, 3.8) is 0 Å². The standard InChI is InChI=1S/C13H24N2O2/c1-9-6-11(8-17-9)13(16)15-12-5-3-2-4-10(12)7-14/h9-12H,2-8,14H2,1H3,(H,15,16). The predicted molar refractivity (Wildman–Crippen MR) is 66.5 cm³/mol. The predicted octanol–water partition coefficient (Wildman–Crippen LogP) is 1.05. The summed E-state index contributed by atoms with van der Waals surface area (Å²) in [7, 11) is 0. The van der Waals surface area contributed by atoms with E-state index in [0.29, 0.717) is 19.1 Å². The Morgan fingerprint density at radius 3 is 2.82 bits per heavy atom. The molecule has 0 radical (unpaired) electrons. The zero-order valence-corrected chi connectivity index (χ0v) is 10.7. The van der Waals surface area contributed by atoms with Crippen molar-refractivity contribution >= 4 is 5.91 Å². The maximum atomic E-state index is 12.1. The molecular formula is C13H24N2O2. The van der Waals surface area contributed by atoms with Crippen molar-refractivity contribution in [3.8, 4) is 0 Å². The van der Waals surface area contributed by atoms with Crippen LogP contribution in [0.15, 0.2) is 0 Å². The second-order valence-electron chi connectivity index (χ2n) is 5.47. The molecule has 1 amide bonds. The summed E-state index contributed by atoms with van der Waals surface area (Å²) in [5.41, 5.74) is 5.77. The molecule has 17 heavy (non-hydrogen) atoms. The van der Waals surface area contributed by atoms with Gasteiger partial charge in [0.05, 0.1) is 18.6 Å². The van der Waals surface area contributed by atoms with Crippen LogP contribution in [0, 0.1) is 11.8 Å². The van der Waals surface area contributed by atoms with Crippen LogP contribution in [0.2, 0.25) is 0 Å². The van der Waals surface area contributed by atoms with Crippen LogP contribution in [-0.2, 0) is 9.53 Å². The average molecular weight is 240 g/mol. The third-order valence-corrected chi connectivity index (χ3v) is 4.11. The zero-order chi connectivity index (χ0) is 12.3. The van der Waals surface area contributed by atoms with Gasteiger partial charge in [0.1, 0.15) is 0 Å². The van der Waals surface area contributed by atoms with E-state index in [9.17, 15) is 4.79 Å². The Labute approximate surface area is 103 Å². The van der Waals surface area contributed by atoms with Gasteiger partial charge in [-0.1, -0.05) is 12.8 Å². The Hall–Kier alpha value is -0.610. The lowest BCUT2D eigenvalue weighted by Gasteiger charge is -2.32. The molecule has 98 valence electrons. The summed E-state index contributed by atoms with van der Waals surface area (Å²) in [6.45, 7) is 3.28. The largest absolute Gasteiger partial charge is 0.378 e. The molecule has 4 heteroatoms. The Bertz CT molecular complexity index is 270. The zero-order valence-electron chi connectivity index (χ0n) is 10.7. The van der Waals surface area contributed by atoms with Gasteiger partial charge in [-0.2, -0.15) is 0 Å². The van der Waals surface area contributed by atoms with Gasteiger partial charge in [-0.15, -0.1) is 0 Å². The highest BCUT2D eigenvalue weighted by atomic mass is 16.5. The first kappa shape index (κ1) is 12.8. The molecule has 4 nitrogen and oxygen atoms in total. The van der Waals surface area contributed by atoms with Crippen LogP contribution in [0.3, 0.4) is 0 Å². The molecule has 0 spiro atoms. The van der Waals surface area contributed by atoms with E-state index in [1.807, 2.05) is 6.92 Å². The lowest BCUT2D eigenvalue weighted by molar-refractivity contribution is -0.126. The molecule has 4 atom stereocenters. The molecule has 0 bridgehead atoms. The van der Waals surface area contributed by atoms with E-state index in [0.717, 1.165) is 19.3 Å². The first-order valence-electron chi connectivity index (χ1n) is 6.82. The number of carbonyl (C=O) groups is 1. The first-order chi connectivity index (χ1) is 8.20. The van der Waals surface area contributed by atoms with Crippen LogP contribution >= 0.6 is 0 Å². The molecule has 2 aliphatic rings. The molecule has 4 unspecified atom stereocenters. The monoisotopic (exact) mass is 240 g/mol. The van der Waals surface area contributed by atoms with Crippen molar-refractivity contribution in [2.45, 2.75) is 51.2 Å². The van der Waals surface area contributed by atoms with Crippen molar-refractivity contribution in [3.05, 3.63) is 0 Å². The van der Waals surface area contributed by atoms with Gasteiger partial charge >= 0.3 is 0 Å². The Morgan fingerprint density at radius 1 is 1.41 bits per heavy atom. The molecule has 1 aliphatic heterocycles. The molecule has 1 saturated heterocycles. The smallest absolute Gasteiger partial charge is 0.225 e. The fourth-order valence-corrected chi connectivity index (χ4v) is 2.98. The van der Waals surface area contributed by atoms with Crippen molar-refractivity contribution in [1.82, 2.24) is 5.32 Å². The fourth-order valence-electron chi connectivity index (χ4n) is 2.98. The van der Waals surface area contributed by atoms with Gasteiger partial charge in [-0.3, -0.25) is 4.79 Å². The van der Waals surface area contributed by atoms with E-state index in [4.69, 9.17) is 10.5 Å². The van der Waals surface area contributed by atoms with Crippen LogP contribution < -0.4 is 11.1 Å². The highest BCUT2D eigenvalue weighted by Gasteiger charge is 2.32. The minimum Gasteiger partial charge on any atom is -0.378 e. The molecule has 0 aromatic heterocycles. The van der Waals surface area contributed by atoms with Gasteiger partial charge in [0.25, 0.3) is 0 Å². The second kappa shape index (κ2) is 5.83. The maximum absolute atomic E-state index is 12.1. The SMILES string of the molecule is CC1CC(C(=O)NC2CCCCC2CN)CO1. The number of hydrogen-bond acceptors (Lipinski definition) is 3. The summed E-state index contributed by atoms with van der Waals surface area (Å²) < 4.78 is 5.44. The Kier molecular flexibility index (Phi) is 4.40. The number of rotatable bonds is 3. The summed E-state index contributed by atoms with van der Waals surface area (Å²) in [5, 5.41) is 3.18. The van der Waals surface area contributed by atoms with E-state index in [1.54, 1.807) is 0 Å². The van der Waals surface area contributed by atoms with Crippen LogP contribution in [0.1, 0.15) is 39.0 Å². The van der Waals surface area contributed by atoms with Crippen LogP contribution in [0.25, 0.3) is 0 Å². The highest BCUT2D eigenvalue weighted by Crippen LogP contribution is 2.25. The third-order valence-electron chi connectivity index (χ3n) is 4.11.